The van der Waals surface area contributed by atoms with Crippen LogP contribution in [0.4, 0.5) is 0 Å². The van der Waals surface area contributed by atoms with Gasteiger partial charge >= 0.3 is 0 Å². The molecule has 0 fully saturated rings. The first-order valence-corrected chi connectivity index (χ1v) is 9.46. The van der Waals surface area contributed by atoms with E-state index >= 15 is 0 Å². The van der Waals surface area contributed by atoms with E-state index in [-0.39, 0.29) is 0 Å². The average molecular weight is 276 g/mol. The Morgan fingerprint density at radius 2 is 1.17 bits per heavy atom. The lowest BCUT2D eigenvalue weighted by atomic mass is 9.95. The van der Waals surface area contributed by atoms with Gasteiger partial charge in [0.05, 0.1) is 4.75 Å². The summed E-state index contributed by atoms with van der Waals surface area (Å²) < 4.78 is 23.5. The molecule has 0 unspecified atom stereocenters. The van der Waals surface area contributed by atoms with Gasteiger partial charge in [0.2, 0.25) is 0 Å². The van der Waals surface area contributed by atoms with Crippen molar-refractivity contribution < 1.29 is 8.42 Å². The molecular formula is C15H32O2S. The van der Waals surface area contributed by atoms with E-state index < -0.39 is 14.6 Å². The Labute approximate surface area is 114 Å². The molecule has 0 aliphatic rings. The van der Waals surface area contributed by atoms with Crippen LogP contribution in [0.3, 0.4) is 0 Å². The highest BCUT2D eigenvalue weighted by molar-refractivity contribution is 7.92. The highest BCUT2D eigenvalue weighted by Crippen LogP contribution is 2.30. The normalized spacial score (nSPS) is 12.9. The van der Waals surface area contributed by atoms with Crippen LogP contribution >= 0.6 is 0 Å². The number of hydrogen-bond donors (Lipinski definition) is 0. The van der Waals surface area contributed by atoms with Gasteiger partial charge in [-0.2, -0.15) is 0 Å². The molecule has 18 heavy (non-hydrogen) atoms. The first-order chi connectivity index (χ1) is 8.37. The average Bonchev–Trinajstić information content (AvgIpc) is 2.29. The molecule has 0 bridgehead atoms. The first kappa shape index (κ1) is 17.9. The molecule has 0 aliphatic heterocycles. The maximum absolute atomic E-state index is 12.0. The van der Waals surface area contributed by atoms with Crippen molar-refractivity contribution in [2.75, 3.05) is 6.26 Å². The van der Waals surface area contributed by atoms with Crippen LogP contribution in [-0.2, 0) is 9.84 Å². The predicted octanol–water partition coefficient (Wildman–Crippen LogP) is 4.73. The van der Waals surface area contributed by atoms with Gasteiger partial charge in [0.1, 0.15) is 0 Å². The van der Waals surface area contributed by atoms with Gasteiger partial charge in [0.25, 0.3) is 0 Å². The fourth-order valence-electron chi connectivity index (χ4n) is 2.35. The summed E-state index contributed by atoms with van der Waals surface area (Å²) >= 11 is 0. The lowest BCUT2D eigenvalue weighted by Gasteiger charge is -2.27. The number of hydrogen-bond acceptors (Lipinski definition) is 2. The van der Waals surface area contributed by atoms with Gasteiger partial charge in [0, 0.05) is 6.26 Å². The van der Waals surface area contributed by atoms with E-state index in [2.05, 4.69) is 13.8 Å². The van der Waals surface area contributed by atoms with E-state index in [1.807, 2.05) is 6.92 Å². The third kappa shape index (κ3) is 6.77. The number of sulfone groups is 1. The summed E-state index contributed by atoms with van der Waals surface area (Å²) in [6.07, 6.45) is 12.3. The lowest BCUT2D eigenvalue weighted by Crippen LogP contribution is -2.34. The van der Waals surface area contributed by atoms with Crippen molar-refractivity contribution in [3.63, 3.8) is 0 Å². The molecule has 0 aromatic carbocycles. The monoisotopic (exact) mass is 276 g/mol. The second kappa shape index (κ2) is 8.95. The quantitative estimate of drug-likeness (QED) is 0.511. The van der Waals surface area contributed by atoms with Crippen molar-refractivity contribution in [3.05, 3.63) is 0 Å². The van der Waals surface area contributed by atoms with Gasteiger partial charge in [-0.15, -0.1) is 0 Å². The molecular weight excluding hydrogens is 244 g/mol. The number of rotatable bonds is 11. The van der Waals surface area contributed by atoms with E-state index in [4.69, 9.17) is 0 Å². The van der Waals surface area contributed by atoms with Gasteiger partial charge in [0.15, 0.2) is 9.84 Å². The smallest absolute Gasteiger partial charge is 0.152 e. The van der Waals surface area contributed by atoms with Crippen LogP contribution in [0.25, 0.3) is 0 Å². The minimum atomic E-state index is -2.94. The van der Waals surface area contributed by atoms with Crippen molar-refractivity contribution in [1.82, 2.24) is 0 Å². The van der Waals surface area contributed by atoms with E-state index in [9.17, 15) is 8.42 Å². The third-order valence-electron chi connectivity index (χ3n) is 4.01. The Hall–Kier alpha value is -0.0500. The minimum absolute atomic E-state index is 0.492. The second-order valence-corrected chi connectivity index (χ2v) is 8.37. The first-order valence-electron chi connectivity index (χ1n) is 7.57. The third-order valence-corrected chi connectivity index (χ3v) is 6.21. The predicted molar refractivity (Wildman–Crippen MR) is 80.8 cm³/mol. The molecule has 0 atom stereocenters. The van der Waals surface area contributed by atoms with Gasteiger partial charge in [-0.3, -0.25) is 0 Å². The SMILES string of the molecule is CCCCCCC(C)(CCCCCC)S(C)(=O)=O. The maximum atomic E-state index is 12.0. The van der Waals surface area contributed by atoms with E-state index in [0.29, 0.717) is 0 Å². The highest BCUT2D eigenvalue weighted by atomic mass is 32.2. The fraction of sp³-hybridized carbons (Fsp3) is 1.00. The minimum Gasteiger partial charge on any atom is -0.229 e. The Balaban J connectivity index is 4.27. The largest absolute Gasteiger partial charge is 0.229 e. The molecule has 0 saturated heterocycles. The Kier molecular flexibility index (Phi) is 8.93. The molecule has 0 aliphatic carbocycles. The Bertz CT molecular complexity index is 282. The zero-order valence-electron chi connectivity index (χ0n) is 12.8. The summed E-state index contributed by atoms with van der Waals surface area (Å²) in [4.78, 5) is 0. The van der Waals surface area contributed by atoms with Gasteiger partial charge in [-0.1, -0.05) is 65.2 Å². The molecule has 0 radical (unpaired) electrons. The van der Waals surface area contributed by atoms with Crippen LogP contribution in [0.1, 0.15) is 85.0 Å². The molecule has 0 aromatic rings. The van der Waals surface area contributed by atoms with Gasteiger partial charge in [-0.05, 0) is 19.8 Å². The Morgan fingerprint density at radius 3 is 1.44 bits per heavy atom. The molecule has 110 valence electrons. The van der Waals surface area contributed by atoms with Crippen molar-refractivity contribution >= 4 is 9.84 Å². The lowest BCUT2D eigenvalue weighted by molar-refractivity contribution is 0.440. The standard InChI is InChI=1S/C15H32O2S/c1-5-7-9-11-13-15(3,18(4,16)17)14-12-10-8-6-2/h5-14H2,1-4H3. The van der Waals surface area contributed by atoms with Crippen molar-refractivity contribution in [2.45, 2.75) is 89.7 Å². The van der Waals surface area contributed by atoms with Crippen LogP contribution in [0.5, 0.6) is 0 Å². The molecule has 0 rings (SSSR count). The molecule has 0 amide bonds. The molecule has 0 saturated carbocycles. The van der Waals surface area contributed by atoms with Gasteiger partial charge < -0.3 is 0 Å². The van der Waals surface area contributed by atoms with E-state index in [1.54, 1.807) is 0 Å². The van der Waals surface area contributed by atoms with Crippen LogP contribution in [-0.4, -0.2) is 19.4 Å². The molecule has 0 N–H and O–H groups in total. The molecule has 0 aromatic heterocycles. The summed E-state index contributed by atoms with van der Waals surface area (Å²) in [7, 11) is -2.94. The van der Waals surface area contributed by atoms with Crippen LogP contribution in [0, 0.1) is 0 Å². The van der Waals surface area contributed by atoms with Crippen LogP contribution in [0.15, 0.2) is 0 Å². The maximum Gasteiger partial charge on any atom is 0.152 e. The van der Waals surface area contributed by atoms with Crippen LogP contribution in [0.2, 0.25) is 0 Å². The van der Waals surface area contributed by atoms with Crippen molar-refractivity contribution in [3.8, 4) is 0 Å². The fourth-order valence-corrected chi connectivity index (χ4v) is 3.38. The topological polar surface area (TPSA) is 34.1 Å². The zero-order valence-corrected chi connectivity index (χ0v) is 13.6. The van der Waals surface area contributed by atoms with E-state index in [0.717, 1.165) is 38.5 Å². The van der Waals surface area contributed by atoms with Gasteiger partial charge in [-0.25, -0.2) is 8.42 Å². The zero-order chi connectivity index (χ0) is 14.1. The van der Waals surface area contributed by atoms with Crippen molar-refractivity contribution in [1.29, 1.82) is 0 Å². The second-order valence-electron chi connectivity index (χ2n) is 5.84. The molecule has 2 nitrogen and oxygen atoms in total. The highest BCUT2D eigenvalue weighted by Gasteiger charge is 2.34. The number of unbranched alkanes of at least 4 members (excludes halogenated alkanes) is 6. The summed E-state index contributed by atoms with van der Waals surface area (Å²) in [5, 5.41) is 0. The van der Waals surface area contributed by atoms with E-state index in [1.165, 1.54) is 31.9 Å². The molecule has 0 spiro atoms. The molecule has 3 heteroatoms. The summed E-state index contributed by atoms with van der Waals surface area (Å²) in [6, 6.07) is 0. The summed E-state index contributed by atoms with van der Waals surface area (Å²) in [6.45, 7) is 6.31. The Morgan fingerprint density at radius 1 is 0.778 bits per heavy atom. The van der Waals surface area contributed by atoms with Crippen LogP contribution < -0.4 is 0 Å². The summed E-state index contributed by atoms with van der Waals surface area (Å²) in [5.74, 6) is 0. The molecule has 0 heterocycles. The van der Waals surface area contributed by atoms with Crippen molar-refractivity contribution in [2.24, 2.45) is 0 Å². The summed E-state index contributed by atoms with van der Waals surface area (Å²) in [5.41, 5.74) is 0.